The van der Waals surface area contributed by atoms with Crippen molar-refractivity contribution >= 4 is 23.3 Å². The maximum absolute atomic E-state index is 14.7. The first kappa shape index (κ1) is 26.0. The van der Waals surface area contributed by atoms with Crippen molar-refractivity contribution in [2.24, 2.45) is 11.7 Å². The van der Waals surface area contributed by atoms with Crippen LogP contribution in [0, 0.1) is 23.4 Å². The number of carbonyl (C=O) groups excluding carboxylic acids is 2. The van der Waals surface area contributed by atoms with E-state index in [0.717, 1.165) is 19.2 Å². The number of aliphatic hydroxyl groups excluding tert-OH is 1. The van der Waals surface area contributed by atoms with E-state index in [2.05, 4.69) is 20.0 Å². The van der Waals surface area contributed by atoms with Crippen LogP contribution in [0.25, 0.3) is 11.3 Å². The van der Waals surface area contributed by atoms with Gasteiger partial charge in [-0.3, -0.25) is 9.78 Å². The SMILES string of the molecule is COC(=O)c1cc(F)c(-c2nc(C(=O)Nc3cnccc3N3CC(C)C(O)C(N)C3)ccc2F)c(F)c1. The summed E-state index contributed by atoms with van der Waals surface area (Å²) in [5.41, 5.74) is 4.65. The second-order valence-corrected chi connectivity index (χ2v) is 8.72. The molecule has 1 aliphatic heterocycles. The molecule has 0 bridgehead atoms. The lowest BCUT2D eigenvalue weighted by atomic mass is 9.92. The molecule has 2 aromatic heterocycles. The number of benzene rings is 1. The molecule has 0 saturated carbocycles. The van der Waals surface area contributed by atoms with Crippen molar-refractivity contribution in [1.29, 1.82) is 0 Å². The fraction of sp³-hybridized carbons (Fsp3) is 0.280. The number of aliphatic hydroxyl groups is 1. The number of rotatable bonds is 5. The molecular weight excluding hydrogens is 491 g/mol. The van der Waals surface area contributed by atoms with Gasteiger partial charge in [0.25, 0.3) is 5.91 Å². The summed E-state index contributed by atoms with van der Waals surface area (Å²) < 4.78 is 48.4. The van der Waals surface area contributed by atoms with Crippen molar-refractivity contribution in [1.82, 2.24) is 9.97 Å². The van der Waals surface area contributed by atoms with Gasteiger partial charge < -0.3 is 25.8 Å². The number of esters is 1. The van der Waals surface area contributed by atoms with Gasteiger partial charge in [-0.25, -0.2) is 22.9 Å². The van der Waals surface area contributed by atoms with Gasteiger partial charge in [-0.1, -0.05) is 6.92 Å². The van der Waals surface area contributed by atoms with Gasteiger partial charge in [0.15, 0.2) is 0 Å². The van der Waals surface area contributed by atoms with E-state index < -0.39 is 58.3 Å². The molecular formula is C25H24F3N5O4. The van der Waals surface area contributed by atoms with Crippen LogP contribution in [0.15, 0.2) is 42.7 Å². The van der Waals surface area contributed by atoms with E-state index in [1.54, 1.807) is 6.07 Å². The van der Waals surface area contributed by atoms with Crippen molar-refractivity contribution in [2.45, 2.75) is 19.1 Å². The van der Waals surface area contributed by atoms with Crippen LogP contribution in [0.5, 0.6) is 0 Å². The van der Waals surface area contributed by atoms with Crippen LogP contribution in [0.1, 0.15) is 27.8 Å². The van der Waals surface area contributed by atoms with Crippen LogP contribution in [0.3, 0.4) is 0 Å². The molecule has 37 heavy (non-hydrogen) atoms. The Bertz CT molecular complexity index is 1320. The third-order valence-corrected chi connectivity index (χ3v) is 6.13. The zero-order valence-corrected chi connectivity index (χ0v) is 19.9. The van der Waals surface area contributed by atoms with Crippen LogP contribution in [0.2, 0.25) is 0 Å². The van der Waals surface area contributed by atoms with Crippen LogP contribution < -0.4 is 16.0 Å². The van der Waals surface area contributed by atoms with Gasteiger partial charge in [-0.2, -0.15) is 0 Å². The predicted molar refractivity (Wildman–Crippen MR) is 128 cm³/mol. The smallest absolute Gasteiger partial charge is 0.338 e. The van der Waals surface area contributed by atoms with Gasteiger partial charge >= 0.3 is 5.97 Å². The lowest BCUT2D eigenvalue weighted by molar-refractivity contribution is 0.0599. The number of carbonyl (C=O) groups is 2. The minimum absolute atomic E-state index is 0.128. The molecule has 4 N–H and O–H groups in total. The summed E-state index contributed by atoms with van der Waals surface area (Å²) in [6.45, 7) is 2.66. The van der Waals surface area contributed by atoms with Crippen molar-refractivity contribution < 1.29 is 32.6 Å². The quantitative estimate of drug-likeness (QED) is 0.442. The highest BCUT2D eigenvalue weighted by atomic mass is 19.1. The molecule has 0 aliphatic carbocycles. The summed E-state index contributed by atoms with van der Waals surface area (Å²) in [5, 5.41) is 12.8. The Balaban J connectivity index is 1.64. The Morgan fingerprint density at radius 2 is 1.84 bits per heavy atom. The molecule has 3 atom stereocenters. The largest absolute Gasteiger partial charge is 0.465 e. The molecule has 1 saturated heterocycles. The average Bonchev–Trinajstić information content (AvgIpc) is 2.87. The molecule has 0 radical (unpaired) electrons. The second-order valence-electron chi connectivity index (χ2n) is 8.72. The number of nitrogens with zero attached hydrogens (tertiary/aromatic N) is 3. The number of methoxy groups -OCH3 is 1. The summed E-state index contributed by atoms with van der Waals surface area (Å²) in [5.74, 6) is -5.46. The summed E-state index contributed by atoms with van der Waals surface area (Å²) in [6, 6.07) is 4.49. The van der Waals surface area contributed by atoms with E-state index in [1.807, 2.05) is 11.8 Å². The lowest BCUT2D eigenvalue weighted by Crippen LogP contribution is -2.55. The Kier molecular flexibility index (Phi) is 7.41. The van der Waals surface area contributed by atoms with Crippen molar-refractivity contribution in [3.63, 3.8) is 0 Å². The molecule has 3 unspecified atom stereocenters. The molecule has 194 valence electrons. The number of piperidine rings is 1. The molecule has 12 heteroatoms. The number of hydrogen-bond donors (Lipinski definition) is 3. The molecule has 1 fully saturated rings. The predicted octanol–water partition coefficient (Wildman–Crippen LogP) is 2.74. The highest BCUT2D eigenvalue weighted by molar-refractivity contribution is 6.05. The summed E-state index contributed by atoms with van der Waals surface area (Å²) in [4.78, 5) is 34.4. The van der Waals surface area contributed by atoms with Crippen LogP contribution in [-0.2, 0) is 4.74 Å². The van der Waals surface area contributed by atoms with E-state index in [-0.39, 0.29) is 11.6 Å². The van der Waals surface area contributed by atoms with Gasteiger partial charge in [-0.05, 0) is 30.3 Å². The number of ether oxygens (including phenoxy) is 1. The number of hydrogen-bond acceptors (Lipinski definition) is 8. The number of pyridine rings is 2. The summed E-state index contributed by atoms with van der Waals surface area (Å²) in [6.07, 6.45) is 2.27. The van der Waals surface area contributed by atoms with E-state index in [0.29, 0.717) is 36.6 Å². The maximum atomic E-state index is 14.7. The Morgan fingerprint density at radius 1 is 1.14 bits per heavy atom. The van der Waals surface area contributed by atoms with Crippen LogP contribution in [0.4, 0.5) is 24.5 Å². The van der Waals surface area contributed by atoms with Crippen molar-refractivity contribution in [3.8, 4) is 11.3 Å². The first-order valence-electron chi connectivity index (χ1n) is 11.3. The molecule has 1 aromatic carbocycles. The van der Waals surface area contributed by atoms with Crippen LogP contribution in [-0.4, -0.2) is 59.3 Å². The Labute approximate surface area is 210 Å². The monoisotopic (exact) mass is 515 g/mol. The van der Waals surface area contributed by atoms with E-state index in [4.69, 9.17) is 5.73 Å². The number of aromatic nitrogens is 2. The van der Waals surface area contributed by atoms with Crippen molar-refractivity contribution in [2.75, 3.05) is 30.4 Å². The zero-order valence-electron chi connectivity index (χ0n) is 19.9. The topological polar surface area (TPSA) is 131 Å². The minimum Gasteiger partial charge on any atom is -0.465 e. The van der Waals surface area contributed by atoms with Crippen molar-refractivity contribution in [3.05, 3.63) is 71.4 Å². The van der Waals surface area contributed by atoms with E-state index in [9.17, 15) is 27.9 Å². The molecule has 3 heterocycles. The third kappa shape index (κ3) is 5.25. The Hall–Kier alpha value is -4.03. The highest BCUT2D eigenvalue weighted by Gasteiger charge is 2.32. The third-order valence-electron chi connectivity index (χ3n) is 6.13. The number of amides is 1. The number of anilines is 2. The first-order valence-corrected chi connectivity index (χ1v) is 11.3. The van der Waals surface area contributed by atoms with Gasteiger partial charge in [0.05, 0.1) is 41.9 Å². The molecule has 0 spiro atoms. The normalized spacial score (nSPS) is 19.4. The molecule has 3 aromatic rings. The number of nitrogens with two attached hydrogens (primary N) is 1. The first-order chi connectivity index (χ1) is 17.6. The van der Waals surface area contributed by atoms with Gasteiger partial charge in [0.2, 0.25) is 0 Å². The average molecular weight is 515 g/mol. The maximum Gasteiger partial charge on any atom is 0.338 e. The second kappa shape index (κ2) is 10.5. The molecule has 1 aliphatic rings. The fourth-order valence-corrected chi connectivity index (χ4v) is 4.24. The van der Waals surface area contributed by atoms with Gasteiger partial charge in [-0.15, -0.1) is 0 Å². The summed E-state index contributed by atoms with van der Waals surface area (Å²) >= 11 is 0. The van der Waals surface area contributed by atoms with Gasteiger partial charge in [0, 0.05) is 31.2 Å². The zero-order chi connectivity index (χ0) is 26.9. The molecule has 1 amide bonds. The minimum atomic E-state index is -1.25. The van der Waals surface area contributed by atoms with E-state index in [1.165, 1.54) is 12.4 Å². The van der Waals surface area contributed by atoms with E-state index >= 15 is 0 Å². The fourth-order valence-electron chi connectivity index (χ4n) is 4.24. The summed E-state index contributed by atoms with van der Waals surface area (Å²) in [7, 11) is 1.05. The number of halogens is 3. The Morgan fingerprint density at radius 3 is 2.49 bits per heavy atom. The standard InChI is InChI=1S/C25H24F3N5O4/c1-12-10-33(11-17(29)23(12)34)20-5-6-30-9-19(20)32-24(35)18-4-3-14(26)22(31-18)21-15(27)7-13(8-16(21)28)25(36)37-2/h3-9,12,17,23,34H,10-11,29H2,1-2H3,(H,32,35). The van der Waals surface area contributed by atoms with Gasteiger partial charge in [0.1, 0.15) is 28.8 Å². The van der Waals surface area contributed by atoms with Crippen LogP contribution >= 0.6 is 0 Å². The molecule has 4 rings (SSSR count). The molecule has 9 nitrogen and oxygen atoms in total. The lowest BCUT2D eigenvalue weighted by Gasteiger charge is -2.40. The number of nitrogens with one attached hydrogen (secondary N) is 1. The highest BCUT2D eigenvalue weighted by Crippen LogP contribution is 2.31.